The maximum absolute atomic E-state index is 10.2. The number of aliphatic hydroxyl groups excluding tert-OH is 1. The van der Waals surface area contributed by atoms with Gasteiger partial charge in [-0.05, 0) is 17.7 Å². The largest absolute Gasteiger partial charge is 0.388 e. The molecule has 1 unspecified atom stereocenters. The smallest absolute Gasteiger partial charge is 0.168 e. The Morgan fingerprint density at radius 1 is 1.10 bits per heavy atom. The first-order valence-corrected chi connectivity index (χ1v) is 7.51. The molecule has 0 aliphatic rings. The zero-order chi connectivity index (χ0) is 13.9. The van der Waals surface area contributed by atoms with Crippen molar-refractivity contribution in [2.24, 2.45) is 7.05 Å². The van der Waals surface area contributed by atoms with Gasteiger partial charge in [0.25, 0.3) is 0 Å². The van der Waals surface area contributed by atoms with Crippen molar-refractivity contribution in [3.8, 4) is 0 Å². The van der Waals surface area contributed by atoms with Crippen molar-refractivity contribution in [1.82, 2.24) is 9.55 Å². The molecule has 1 aromatic heterocycles. The molecule has 0 aliphatic heterocycles. The molecule has 1 heterocycles. The first-order valence-electron chi connectivity index (χ1n) is 6.53. The number of nitrogens with zero attached hydrogens (tertiary/aromatic N) is 2. The molecule has 4 heteroatoms. The third kappa shape index (κ3) is 2.57. The van der Waals surface area contributed by atoms with Crippen molar-refractivity contribution >= 4 is 22.8 Å². The molecule has 2 aromatic carbocycles. The lowest BCUT2D eigenvalue weighted by Crippen LogP contribution is -2.01. The second-order valence-electron chi connectivity index (χ2n) is 4.68. The van der Waals surface area contributed by atoms with E-state index in [1.807, 2.05) is 55.6 Å². The molecule has 0 fully saturated rings. The Hall–Kier alpha value is -1.78. The lowest BCUT2D eigenvalue weighted by molar-refractivity contribution is 0.204. The Kier molecular flexibility index (Phi) is 3.76. The van der Waals surface area contributed by atoms with Crippen molar-refractivity contribution in [3.63, 3.8) is 0 Å². The highest BCUT2D eigenvalue weighted by molar-refractivity contribution is 7.99. The van der Waals surface area contributed by atoms with Crippen LogP contribution in [0.25, 0.3) is 11.0 Å². The van der Waals surface area contributed by atoms with Gasteiger partial charge in [0.2, 0.25) is 0 Å². The van der Waals surface area contributed by atoms with E-state index < -0.39 is 6.10 Å². The molecule has 102 valence electrons. The van der Waals surface area contributed by atoms with Crippen LogP contribution in [-0.2, 0) is 7.05 Å². The molecule has 0 amide bonds. The number of fused-ring (bicyclic) bond motifs is 1. The molecule has 3 aromatic rings. The van der Waals surface area contributed by atoms with Gasteiger partial charge in [0.15, 0.2) is 5.16 Å². The van der Waals surface area contributed by atoms with Gasteiger partial charge in [-0.2, -0.15) is 0 Å². The van der Waals surface area contributed by atoms with Crippen LogP contribution in [0.1, 0.15) is 11.7 Å². The minimum Gasteiger partial charge on any atom is -0.388 e. The second-order valence-corrected chi connectivity index (χ2v) is 5.67. The molecule has 0 spiro atoms. The molecule has 20 heavy (non-hydrogen) atoms. The van der Waals surface area contributed by atoms with Gasteiger partial charge in [-0.3, -0.25) is 0 Å². The first kappa shape index (κ1) is 13.2. The molecule has 0 saturated carbocycles. The topological polar surface area (TPSA) is 38.0 Å². The number of benzene rings is 2. The van der Waals surface area contributed by atoms with Crippen LogP contribution >= 0.6 is 11.8 Å². The molecule has 3 nitrogen and oxygen atoms in total. The van der Waals surface area contributed by atoms with Crippen LogP contribution < -0.4 is 0 Å². The van der Waals surface area contributed by atoms with Crippen LogP contribution in [0.3, 0.4) is 0 Å². The average Bonchev–Trinajstić information content (AvgIpc) is 2.83. The highest BCUT2D eigenvalue weighted by atomic mass is 32.2. The lowest BCUT2D eigenvalue weighted by atomic mass is 10.1. The van der Waals surface area contributed by atoms with Crippen LogP contribution in [-0.4, -0.2) is 20.4 Å². The summed E-state index contributed by atoms with van der Waals surface area (Å²) in [5.74, 6) is 0.598. The third-order valence-electron chi connectivity index (χ3n) is 3.30. The summed E-state index contributed by atoms with van der Waals surface area (Å²) >= 11 is 1.58. The number of aromatic nitrogens is 2. The quantitative estimate of drug-likeness (QED) is 0.746. The van der Waals surface area contributed by atoms with Crippen molar-refractivity contribution < 1.29 is 5.11 Å². The molecule has 1 N–H and O–H groups in total. The van der Waals surface area contributed by atoms with Crippen molar-refractivity contribution in [3.05, 3.63) is 60.2 Å². The van der Waals surface area contributed by atoms with Crippen molar-refractivity contribution in [2.45, 2.75) is 11.3 Å². The van der Waals surface area contributed by atoms with E-state index >= 15 is 0 Å². The Balaban J connectivity index is 1.76. The fourth-order valence-electron chi connectivity index (χ4n) is 2.18. The highest BCUT2D eigenvalue weighted by Gasteiger charge is 2.12. The first-order chi connectivity index (χ1) is 9.75. The summed E-state index contributed by atoms with van der Waals surface area (Å²) in [4.78, 5) is 4.59. The summed E-state index contributed by atoms with van der Waals surface area (Å²) in [5, 5.41) is 11.1. The summed E-state index contributed by atoms with van der Waals surface area (Å²) in [7, 11) is 2.01. The fourth-order valence-corrected chi connectivity index (χ4v) is 3.13. The van der Waals surface area contributed by atoms with Gasteiger partial charge in [-0.1, -0.05) is 54.2 Å². The molecule has 0 aliphatic carbocycles. The minimum atomic E-state index is -0.471. The Bertz CT molecular complexity index is 709. The number of rotatable bonds is 4. The van der Waals surface area contributed by atoms with E-state index in [1.165, 1.54) is 0 Å². The monoisotopic (exact) mass is 284 g/mol. The van der Waals surface area contributed by atoms with E-state index in [2.05, 4.69) is 15.6 Å². The normalized spacial score (nSPS) is 12.7. The van der Waals surface area contributed by atoms with Gasteiger partial charge in [-0.25, -0.2) is 4.98 Å². The van der Waals surface area contributed by atoms with Gasteiger partial charge < -0.3 is 9.67 Å². The molecule has 0 saturated heterocycles. The van der Waals surface area contributed by atoms with E-state index in [0.717, 1.165) is 21.8 Å². The molecule has 1 atom stereocenters. The standard InChI is InChI=1S/C16H16N2OS/c1-18-14-10-6-5-9-13(14)17-16(18)20-11-15(19)12-7-3-2-4-8-12/h2-10,15,19H,11H2,1H3. The van der Waals surface area contributed by atoms with Gasteiger partial charge in [0, 0.05) is 12.8 Å². The van der Waals surface area contributed by atoms with Crippen LogP contribution in [0, 0.1) is 0 Å². The van der Waals surface area contributed by atoms with E-state index in [0.29, 0.717) is 5.75 Å². The fraction of sp³-hybridized carbons (Fsp3) is 0.188. The average molecular weight is 284 g/mol. The van der Waals surface area contributed by atoms with Crippen LogP contribution in [0.5, 0.6) is 0 Å². The van der Waals surface area contributed by atoms with Crippen LogP contribution in [0.2, 0.25) is 0 Å². The number of thioether (sulfide) groups is 1. The number of aliphatic hydroxyl groups is 1. The second kappa shape index (κ2) is 5.69. The summed E-state index contributed by atoms with van der Waals surface area (Å²) in [6, 6.07) is 17.8. The van der Waals surface area contributed by atoms with E-state index in [-0.39, 0.29) is 0 Å². The SMILES string of the molecule is Cn1c(SCC(O)c2ccccc2)nc2ccccc21. The highest BCUT2D eigenvalue weighted by Crippen LogP contribution is 2.26. The molecule has 3 rings (SSSR count). The lowest BCUT2D eigenvalue weighted by Gasteiger charge is -2.10. The summed E-state index contributed by atoms with van der Waals surface area (Å²) in [5.41, 5.74) is 3.05. The third-order valence-corrected chi connectivity index (χ3v) is 4.41. The summed E-state index contributed by atoms with van der Waals surface area (Å²) in [6.07, 6.45) is -0.471. The Labute approximate surface area is 122 Å². The number of hydrogen-bond acceptors (Lipinski definition) is 3. The molecule has 0 radical (unpaired) electrons. The maximum Gasteiger partial charge on any atom is 0.168 e. The number of aryl methyl sites for hydroxylation is 1. The summed E-state index contributed by atoms with van der Waals surface area (Å²) < 4.78 is 2.07. The zero-order valence-electron chi connectivity index (χ0n) is 11.2. The van der Waals surface area contributed by atoms with Crippen molar-refractivity contribution in [1.29, 1.82) is 0 Å². The van der Waals surface area contributed by atoms with Crippen LogP contribution in [0.15, 0.2) is 59.8 Å². The zero-order valence-corrected chi connectivity index (χ0v) is 12.0. The summed E-state index contributed by atoms with van der Waals surface area (Å²) in [6.45, 7) is 0. The maximum atomic E-state index is 10.2. The predicted octanol–water partition coefficient (Wildman–Crippen LogP) is 3.40. The number of imidazole rings is 1. The van der Waals surface area contributed by atoms with Gasteiger partial charge in [0.05, 0.1) is 17.1 Å². The van der Waals surface area contributed by atoms with Crippen LogP contribution in [0.4, 0.5) is 0 Å². The molecule has 0 bridgehead atoms. The Morgan fingerprint density at radius 3 is 2.55 bits per heavy atom. The molecular weight excluding hydrogens is 268 g/mol. The molecular formula is C16H16N2OS. The van der Waals surface area contributed by atoms with Gasteiger partial charge >= 0.3 is 0 Å². The van der Waals surface area contributed by atoms with E-state index in [1.54, 1.807) is 11.8 Å². The van der Waals surface area contributed by atoms with Gasteiger partial charge in [0.1, 0.15) is 0 Å². The van der Waals surface area contributed by atoms with Crippen molar-refractivity contribution in [2.75, 3.05) is 5.75 Å². The van der Waals surface area contributed by atoms with E-state index in [9.17, 15) is 5.11 Å². The van der Waals surface area contributed by atoms with Gasteiger partial charge in [-0.15, -0.1) is 0 Å². The predicted molar refractivity (Wildman–Crippen MR) is 82.8 cm³/mol. The minimum absolute atomic E-state index is 0.471. The Morgan fingerprint density at radius 2 is 1.80 bits per heavy atom. The number of para-hydroxylation sites is 2. The number of hydrogen-bond donors (Lipinski definition) is 1. The van der Waals surface area contributed by atoms with E-state index in [4.69, 9.17) is 0 Å².